The number of benzene rings is 2. The number of fused-ring (bicyclic) bond motifs is 1. The first-order valence-corrected chi connectivity index (χ1v) is 8.19. The van der Waals surface area contributed by atoms with Crippen molar-refractivity contribution in [2.45, 2.75) is 19.8 Å². The standard InChI is InChI=1S/C20H19NO5/c1-11-7-6-8-12(2)17(11)21-18(22)15-13-9-4-5-10-14(13)26-20(24)16(15)19(23)25-3/h4-10,15-16H,1-3H3,(H,21,22)/t15-,16+/m0/s1. The molecular formula is C20H19NO5. The van der Waals surface area contributed by atoms with Crippen molar-refractivity contribution in [3.8, 4) is 5.75 Å². The highest BCUT2D eigenvalue weighted by Crippen LogP contribution is 2.39. The highest BCUT2D eigenvalue weighted by atomic mass is 16.6. The topological polar surface area (TPSA) is 81.7 Å². The van der Waals surface area contributed by atoms with Gasteiger partial charge in [-0.3, -0.25) is 14.4 Å². The van der Waals surface area contributed by atoms with Crippen molar-refractivity contribution in [2.75, 3.05) is 12.4 Å². The van der Waals surface area contributed by atoms with Crippen LogP contribution in [0.3, 0.4) is 0 Å². The summed E-state index contributed by atoms with van der Waals surface area (Å²) >= 11 is 0. The fourth-order valence-electron chi connectivity index (χ4n) is 3.18. The molecule has 1 aliphatic rings. The van der Waals surface area contributed by atoms with Gasteiger partial charge in [0.2, 0.25) is 5.91 Å². The molecule has 3 rings (SSSR count). The number of anilines is 1. The maximum atomic E-state index is 13.1. The summed E-state index contributed by atoms with van der Waals surface area (Å²) in [6, 6.07) is 12.3. The second-order valence-electron chi connectivity index (χ2n) is 6.19. The molecule has 1 heterocycles. The van der Waals surface area contributed by atoms with Crippen LogP contribution in [0.25, 0.3) is 0 Å². The number of esters is 2. The Morgan fingerprint density at radius 2 is 1.65 bits per heavy atom. The summed E-state index contributed by atoms with van der Waals surface area (Å²) < 4.78 is 9.96. The van der Waals surface area contributed by atoms with E-state index in [1.165, 1.54) is 7.11 Å². The summed E-state index contributed by atoms with van der Waals surface area (Å²) in [6.07, 6.45) is 0. The van der Waals surface area contributed by atoms with Crippen LogP contribution < -0.4 is 10.1 Å². The Labute approximate surface area is 151 Å². The van der Waals surface area contributed by atoms with Gasteiger partial charge in [0, 0.05) is 11.3 Å². The van der Waals surface area contributed by atoms with Gasteiger partial charge in [-0.05, 0) is 31.0 Å². The molecule has 2 aromatic rings. The van der Waals surface area contributed by atoms with Gasteiger partial charge in [0.15, 0.2) is 5.92 Å². The van der Waals surface area contributed by atoms with E-state index in [0.29, 0.717) is 11.3 Å². The Kier molecular flexibility index (Phi) is 4.75. The van der Waals surface area contributed by atoms with Crippen LogP contribution in [0.1, 0.15) is 22.6 Å². The molecule has 0 fully saturated rings. The lowest BCUT2D eigenvalue weighted by molar-refractivity contribution is -0.159. The number of para-hydroxylation sites is 2. The molecule has 2 atom stereocenters. The Bertz CT molecular complexity index is 869. The first-order valence-electron chi connectivity index (χ1n) is 8.19. The molecule has 26 heavy (non-hydrogen) atoms. The van der Waals surface area contributed by atoms with Gasteiger partial charge in [-0.15, -0.1) is 0 Å². The van der Waals surface area contributed by atoms with Gasteiger partial charge in [-0.2, -0.15) is 0 Å². The zero-order valence-corrected chi connectivity index (χ0v) is 14.7. The number of rotatable bonds is 3. The van der Waals surface area contributed by atoms with Crippen LogP contribution in [0.15, 0.2) is 42.5 Å². The average Bonchev–Trinajstić information content (AvgIpc) is 2.63. The number of aryl methyl sites for hydroxylation is 2. The van der Waals surface area contributed by atoms with Crippen LogP contribution in [0.5, 0.6) is 5.75 Å². The lowest BCUT2D eigenvalue weighted by atomic mass is 9.82. The van der Waals surface area contributed by atoms with Crippen LogP contribution in [0.2, 0.25) is 0 Å². The monoisotopic (exact) mass is 353 g/mol. The molecule has 0 unspecified atom stereocenters. The molecular weight excluding hydrogens is 334 g/mol. The Hall–Kier alpha value is -3.15. The largest absolute Gasteiger partial charge is 0.468 e. The number of hydrogen-bond acceptors (Lipinski definition) is 5. The zero-order valence-electron chi connectivity index (χ0n) is 14.7. The van der Waals surface area contributed by atoms with E-state index >= 15 is 0 Å². The van der Waals surface area contributed by atoms with Crippen molar-refractivity contribution >= 4 is 23.5 Å². The molecule has 2 aromatic carbocycles. The Morgan fingerprint density at radius 3 is 2.31 bits per heavy atom. The average molecular weight is 353 g/mol. The summed E-state index contributed by atoms with van der Waals surface area (Å²) in [5, 5.41) is 2.86. The number of carbonyl (C=O) groups excluding carboxylic acids is 3. The molecule has 0 radical (unpaired) electrons. The minimum Gasteiger partial charge on any atom is -0.468 e. The summed E-state index contributed by atoms with van der Waals surface area (Å²) in [5.41, 5.74) is 2.92. The SMILES string of the molecule is COC(=O)[C@@H]1C(=O)Oc2ccccc2[C@@H]1C(=O)Nc1c(C)cccc1C. The number of nitrogens with one attached hydrogen (secondary N) is 1. The van der Waals surface area contributed by atoms with Crippen molar-refractivity contribution in [3.63, 3.8) is 0 Å². The fourth-order valence-corrected chi connectivity index (χ4v) is 3.18. The van der Waals surface area contributed by atoms with Gasteiger partial charge in [-0.25, -0.2) is 0 Å². The minimum atomic E-state index is -1.35. The van der Waals surface area contributed by atoms with E-state index in [1.54, 1.807) is 24.3 Å². The van der Waals surface area contributed by atoms with Crippen LogP contribution in [0, 0.1) is 19.8 Å². The minimum absolute atomic E-state index is 0.277. The van der Waals surface area contributed by atoms with Crippen molar-refractivity contribution < 1.29 is 23.9 Å². The van der Waals surface area contributed by atoms with E-state index in [4.69, 9.17) is 9.47 Å². The lowest BCUT2D eigenvalue weighted by Gasteiger charge is -2.29. The van der Waals surface area contributed by atoms with Gasteiger partial charge >= 0.3 is 11.9 Å². The molecule has 6 nitrogen and oxygen atoms in total. The van der Waals surface area contributed by atoms with Gasteiger partial charge in [-0.1, -0.05) is 36.4 Å². The van der Waals surface area contributed by atoms with E-state index < -0.39 is 29.7 Å². The van der Waals surface area contributed by atoms with E-state index in [2.05, 4.69) is 5.32 Å². The van der Waals surface area contributed by atoms with Gasteiger partial charge in [0.25, 0.3) is 0 Å². The van der Waals surface area contributed by atoms with Crippen molar-refractivity contribution in [3.05, 3.63) is 59.2 Å². The molecule has 0 aliphatic carbocycles. The number of amides is 1. The number of methoxy groups -OCH3 is 1. The second-order valence-corrected chi connectivity index (χ2v) is 6.19. The molecule has 0 saturated carbocycles. The first-order chi connectivity index (χ1) is 12.4. The molecule has 1 aliphatic heterocycles. The first kappa shape index (κ1) is 17.7. The Balaban J connectivity index is 2.04. The summed E-state index contributed by atoms with van der Waals surface area (Å²) in [7, 11) is 1.18. The summed E-state index contributed by atoms with van der Waals surface area (Å²) in [5.74, 6) is -4.15. The van der Waals surface area contributed by atoms with E-state index in [1.807, 2.05) is 32.0 Å². The molecule has 134 valence electrons. The number of carbonyl (C=O) groups is 3. The number of hydrogen-bond donors (Lipinski definition) is 1. The lowest BCUT2D eigenvalue weighted by Crippen LogP contribution is -2.43. The fraction of sp³-hybridized carbons (Fsp3) is 0.250. The smallest absolute Gasteiger partial charge is 0.326 e. The normalized spacial score (nSPS) is 18.5. The van der Waals surface area contributed by atoms with Gasteiger partial charge in [0.05, 0.1) is 13.0 Å². The Morgan fingerprint density at radius 1 is 1.00 bits per heavy atom. The predicted molar refractivity (Wildman–Crippen MR) is 94.9 cm³/mol. The third-order valence-electron chi connectivity index (χ3n) is 4.52. The van der Waals surface area contributed by atoms with Crippen LogP contribution >= 0.6 is 0 Å². The predicted octanol–water partition coefficient (Wildman–Crippen LogP) is 2.73. The molecule has 0 bridgehead atoms. The van der Waals surface area contributed by atoms with Crippen LogP contribution in [0.4, 0.5) is 5.69 Å². The summed E-state index contributed by atoms with van der Waals surface area (Å²) in [6.45, 7) is 3.76. The van der Waals surface area contributed by atoms with E-state index in [9.17, 15) is 14.4 Å². The third-order valence-corrected chi connectivity index (χ3v) is 4.52. The molecule has 0 spiro atoms. The maximum Gasteiger partial charge on any atom is 0.326 e. The second kappa shape index (κ2) is 7.00. The highest BCUT2D eigenvalue weighted by molar-refractivity contribution is 6.08. The van der Waals surface area contributed by atoms with Crippen LogP contribution in [-0.4, -0.2) is 25.0 Å². The van der Waals surface area contributed by atoms with E-state index in [0.717, 1.165) is 11.1 Å². The van der Waals surface area contributed by atoms with Crippen LogP contribution in [-0.2, 0) is 19.1 Å². The van der Waals surface area contributed by atoms with Gasteiger partial charge < -0.3 is 14.8 Å². The quantitative estimate of drug-likeness (QED) is 0.521. The van der Waals surface area contributed by atoms with E-state index in [-0.39, 0.29) is 5.75 Å². The molecule has 6 heteroatoms. The molecule has 0 saturated heterocycles. The third kappa shape index (κ3) is 3.06. The van der Waals surface area contributed by atoms with Crippen molar-refractivity contribution in [1.82, 2.24) is 0 Å². The zero-order chi connectivity index (χ0) is 18.8. The number of ether oxygens (including phenoxy) is 2. The van der Waals surface area contributed by atoms with Gasteiger partial charge in [0.1, 0.15) is 5.75 Å². The maximum absolute atomic E-state index is 13.1. The van der Waals surface area contributed by atoms with Crippen molar-refractivity contribution in [2.24, 2.45) is 5.92 Å². The molecule has 0 aromatic heterocycles. The summed E-state index contributed by atoms with van der Waals surface area (Å²) in [4.78, 5) is 37.6. The highest BCUT2D eigenvalue weighted by Gasteiger charge is 2.47. The molecule has 1 N–H and O–H groups in total. The molecule has 1 amide bonds. The van der Waals surface area contributed by atoms with Crippen molar-refractivity contribution in [1.29, 1.82) is 0 Å².